The first-order chi connectivity index (χ1) is 22.0. The minimum Gasteiger partial charge on any atom is -0.508 e. The van der Waals surface area contributed by atoms with E-state index in [0.717, 1.165) is 16.5 Å². The Balaban J connectivity index is 1.75. The van der Waals surface area contributed by atoms with Crippen LogP contribution in [-0.4, -0.2) is 87.6 Å². The number of para-hydroxylation sites is 1. The van der Waals surface area contributed by atoms with Crippen molar-refractivity contribution in [3.63, 3.8) is 0 Å². The normalized spacial score (nSPS) is 13.6. The molecule has 0 saturated carbocycles. The third-order valence-electron chi connectivity index (χ3n) is 7.27. The third-order valence-corrected chi connectivity index (χ3v) is 7.91. The molecule has 12 N–H and O–H groups in total. The molecule has 46 heavy (non-hydrogen) atoms. The van der Waals surface area contributed by atoms with Crippen LogP contribution in [0.3, 0.4) is 0 Å². The number of aliphatic imine (C=N–C) groups is 1. The van der Waals surface area contributed by atoms with Crippen molar-refractivity contribution in [3.8, 4) is 5.75 Å². The second kappa shape index (κ2) is 17.7. The number of nitrogens with one attached hydrogen (secondary N) is 4. The molecule has 0 aliphatic heterocycles. The number of hydrogen-bond donors (Lipinski definition) is 9. The van der Waals surface area contributed by atoms with E-state index in [-0.39, 0.29) is 43.9 Å². The molecule has 0 aliphatic rings. The standard InChI is InChI=1S/C31H42N8O6S/c1-46-14-12-24(28(42)39-26(30(44)45)16-19-17-36-23-7-3-2-5-21(19)23)37-29(43)25(15-18-8-10-20(40)11-9-18)38-27(41)22(32)6-4-13-35-31(33)34/h2-3,5,7-11,17,22,24-26,36,40H,4,6,12-16,32H2,1H3,(H,37,43)(H,38,41)(H,39,42)(H,44,45)(H4,33,34,35). The number of aliphatic carboxylic acids is 1. The molecule has 0 radical (unpaired) electrons. The number of fused-ring (bicyclic) bond motifs is 1. The van der Waals surface area contributed by atoms with E-state index in [1.165, 1.54) is 23.9 Å². The van der Waals surface area contributed by atoms with Crippen molar-refractivity contribution in [1.82, 2.24) is 20.9 Å². The van der Waals surface area contributed by atoms with Crippen LogP contribution >= 0.6 is 11.8 Å². The summed E-state index contributed by atoms with van der Waals surface area (Å²) >= 11 is 1.46. The zero-order chi connectivity index (χ0) is 33.6. The summed E-state index contributed by atoms with van der Waals surface area (Å²) in [6.07, 6.45) is 4.51. The van der Waals surface area contributed by atoms with Crippen molar-refractivity contribution in [2.24, 2.45) is 22.2 Å². The van der Waals surface area contributed by atoms with Gasteiger partial charge in [0.25, 0.3) is 0 Å². The smallest absolute Gasteiger partial charge is 0.326 e. The van der Waals surface area contributed by atoms with Gasteiger partial charge in [-0.3, -0.25) is 19.4 Å². The average molecular weight is 655 g/mol. The predicted molar refractivity (Wildman–Crippen MR) is 178 cm³/mol. The fraction of sp³-hybridized carbons (Fsp3) is 0.387. The van der Waals surface area contributed by atoms with Gasteiger partial charge in [-0.25, -0.2) is 4.79 Å². The van der Waals surface area contributed by atoms with Crippen LogP contribution in [0.1, 0.15) is 30.4 Å². The maximum absolute atomic E-state index is 13.6. The Labute approximate surface area is 271 Å². The molecule has 4 unspecified atom stereocenters. The lowest BCUT2D eigenvalue weighted by atomic mass is 10.0. The molecule has 0 aliphatic carbocycles. The molecule has 0 spiro atoms. The summed E-state index contributed by atoms with van der Waals surface area (Å²) in [5, 5.41) is 28.4. The van der Waals surface area contributed by atoms with Crippen LogP contribution in [0.5, 0.6) is 5.75 Å². The Bertz CT molecular complexity index is 1510. The number of amides is 3. The fourth-order valence-corrected chi connectivity index (χ4v) is 5.25. The number of carbonyl (C=O) groups is 4. The topological polar surface area (TPSA) is 251 Å². The Morgan fingerprint density at radius 2 is 1.54 bits per heavy atom. The highest BCUT2D eigenvalue weighted by molar-refractivity contribution is 7.98. The molecule has 3 aromatic rings. The monoisotopic (exact) mass is 654 g/mol. The molecule has 15 heteroatoms. The molecule has 3 rings (SSSR count). The number of carbonyl (C=O) groups excluding carboxylic acids is 3. The average Bonchev–Trinajstić information content (AvgIpc) is 3.43. The van der Waals surface area contributed by atoms with E-state index in [2.05, 4.69) is 25.9 Å². The summed E-state index contributed by atoms with van der Waals surface area (Å²) in [5.41, 5.74) is 18.9. The number of carboxylic acids is 1. The summed E-state index contributed by atoms with van der Waals surface area (Å²) in [6.45, 7) is 0.282. The summed E-state index contributed by atoms with van der Waals surface area (Å²) in [5.74, 6) is -2.67. The number of nitrogens with zero attached hydrogens (tertiary/aromatic N) is 1. The van der Waals surface area contributed by atoms with E-state index in [9.17, 15) is 29.4 Å². The quantitative estimate of drug-likeness (QED) is 0.0516. The Morgan fingerprint density at radius 1 is 0.891 bits per heavy atom. The maximum atomic E-state index is 13.6. The zero-order valence-electron chi connectivity index (χ0n) is 25.6. The highest BCUT2D eigenvalue weighted by Gasteiger charge is 2.31. The molecular weight excluding hydrogens is 612 g/mol. The molecule has 248 valence electrons. The predicted octanol–water partition coefficient (Wildman–Crippen LogP) is 0.332. The van der Waals surface area contributed by atoms with Crippen LogP contribution in [0.25, 0.3) is 10.9 Å². The molecule has 3 amide bonds. The number of nitrogens with two attached hydrogens (primary N) is 3. The number of phenols is 1. The zero-order valence-corrected chi connectivity index (χ0v) is 26.4. The van der Waals surface area contributed by atoms with Gasteiger partial charge in [-0.15, -0.1) is 0 Å². The minimum absolute atomic E-state index is 0.0227. The van der Waals surface area contributed by atoms with E-state index < -0.39 is 47.9 Å². The number of benzene rings is 2. The van der Waals surface area contributed by atoms with Crippen LogP contribution in [-0.2, 0) is 32.0 Å². The van der Waals surface area contributed by atoms with Gasteiger partial charge < -0.3 is 48.3 Å². The van der Waals surface area contributed by atoms with Crippen molar-refractivity contribution < 1.29 is 29.4 Å². The largest absolute Gasteiger partial charge is 0.508 e. The van der Waals surface area contributed by atoms with Crippen LogP contribution < -0.4 is 33.2 Å². The van der Waals surface area contributed by atoms with Crippen molar-refractivity contribution in [1.29, 1.82) is 0 Å². The van der Waals surface area contributed by atoms with Crippen LogP contribution in [0.4, 0.5) is 0 Å². The van der Waals surface area contributed by atoms with Crippen LogP contribution in [0.2, 0.25) is 0 Å². The lowest BCUT2D eigenvalue weighted by molar-refractivity contribution is -0.142. The number of carboxylic acid groups (broad SMARTS) is 1. The number of guanidine groups is 1. The van der Waals surface area contributed by atoms with Gasteiger partial charge in [-0.05, 0) is 60.6 Å². The molecule has 4 atom stereocenters. The van der Waals surface area contributed by atoms with Gasteiger partial charge in [0.05, 0.1) is 6.04 Å². The van der Waals surface area contributed by atoms with Crippen molar-refractivity contribution in [2.75, 3.05) is 18.6 Å². The Kier molecular flexibility index (Phi) is 13.7. The molecular formula is C31H42N8O6S. The van der Waals surface area contributed by atoms with E-state index >= 15 is 0 Å². The number of phenolic OH excluding ortho intramolecular Hbond substituents is 1. The second-order valence-electron chi connectivity index (χ2n) is 10.8. The summed E-state index contributed by atoms with van der Waals surface area (Å²) in [4.78, 5) is 59.3. The van der Waals surface area contributed by atoms with Crippen LogP contribution in [0.15, 0.2) is 59.7 Å². The van der Waals surface area contributed by atoms with E-state index in [4.69, 9.17) is 17.2 Å². The van der Waals surface area contributed by atoms with Gasteiger partial charge in [0.2, 0.25) is 17.7 Å². The highest BCUT2D eigenvalue weighted by atomic mass is 32.2. The van der Waals surface area contributed by atoms with Gasteiger partial charge in [0, 0.05) is 36.5 Å². The van der Waals surface area contributed by atoms with Gasteiger partial charge in [-0.2, -0.15) is 11.8 Å². The van der Waals surface area contributed by atoms with Crippen molar-refractivity contribution >= 4 is 52.3 Å². The number of aromatic amines is 1. The number of aromatic hydroxyl groups is 1. The van der Waals surface area contributed by atoms with Crippen LogP contribution in [0, 0.1) is 0 Å². The van der Waals surface area contributed by atoms with Crippen molar-refractivity contribution in [2.45, 2.75) is 56.3 Å². The Morgan fingerprint density at radius 3 is 2.22 bits per heavy atom. The summed E-state index contributed by atoms with van der Waals surface area (Å²) in [6, 6.07) is 9.12. The first kappa shape index (κ1) is 35.7. The minimum atomic E-state index is -1.26. The third kappa shape index (κ3) is 11.0. The van der Waals surface area contributed by atoms with Gasteiger partial charge >= 0.3 is 5.97 Å². The van der Waals surface area contributed by atoms with Gasteiger partial charge in [-0.1, -0.05) is 30.3 Å². The summed E-state index contributed by atoms with van der Waals surface area (Å²) in [7, 11) is 0. The SMILES string of the molecule is CSCCC(NC(=O)C(Cc1ccc(O)cc1)NC(=O)C(N)CCCN=C(N)N)C(=O)NC(Cc1c[nH]c2ccccc12)C(=O)O. The van der Waals surface area contributed by atoms with E-state index in [1.807, 2.05) is 30.5 Å². The number of thioether (sulfide) groups is 1. The summed E-state index contributed by atoms with van der Waals surface area (Å²) < 4.78 is 0. The molecule has 0 bridgehead atoms. The molecule has 0 saturated heterocycles. The number of hydrogen-bond acceptors (Lipinski definition) is 8. The first-order valence-corrected chi connectivity index (χ1v) is 16.1. The highest BCUT2D eigenvalue weighted by Crippen LogP contribution is 2.19. The lowest BCUT2D eigenvalue weighted by Gasteiger charge is -2.25. The van der Waals surface area contributed by atoms with Gasteiger partial charge in [0.1, 0.15) is 23.9 Å². The molecule has 0 fully saturated rings. The lowest BCUT2D eigenvalue weighted by Crippen LogP contribution is -2.58. The molecule has 14 nitrogen and oxygen atoms in total. The Hall–Kier alpha value is -4.76. The van der Waals surface area contributed by atoms with E-state index in [0.29, 0.717) is 17.7 Å². The maximum Gasteiger partial charge on any atom is 0.326 e. The van der Waals surface area contributed by atoms with Gasteiger partial charge in [0.15, 0.2) is 5.96 Å². The molecule has 2 aromatic carbocycles. The fourth-order valence-electron chi connectivity index (χ4n) is 4.78. The number of H-pyrrole nitrogens is 1. The van der Waals surface area contributed by atoms with E-state index in [1.54, 1.807) is 18.3 Å². The number of rotatable bonds is 18. The second-order valence-corrected chi connectivity index (χ2v) is 11.8. The molecule has 1 heterocycles. The number of aromatic nitrogens is 1. The van der Waals surface area contributed by atoms with Crippen molar-refractivity contribution in [3.05, 3.63) is 65.9 Å². The first-order valence-electron chi connectivity index (χ1n) is 14.7. The molecule has 1 aromatic heterocycles.